The van der Waals surface area contributed by atoms with Gasteiger partial charge in [-0.2, -0.15) is 5.10 Å². The first-order chi connectivity index (χ1) is 17.1. The van der Waals surface area contributed by atoms with Crippen molar-refractivity contribution in [3.8, 4) is 5.75 Å². The largest absolute Gasteiger partial charge is 0.497 e. The number of fused-ring (bicyclic) bond motifs is 1. The smallest absolute Gasteiger partial charge is 0.242 e. The van der Waals surface area contributed by atoms with Crippen molar-refractivity contribution in [3.05, 3.63) is 77.4 Å². The van der Waals surface area contributed by atoms with E-state index in [9.17, 15) is 9.59 Å². The van der Waals surface area contributed by atoms with Gasteiger partial charge in [-0.3, -0.25) is 14.3 Å². The summed E-state index contributed by atoms with van der Waals surface area (Å²) in [7, 11) is 1.56. The van der Waals surface area contributed by atoms with Crippen LogP contribution in [0, 0.1) is 0 Å². The summed E-state index contributed by atoms with van der Waals surface area (Å²) in [4.78, 5) is 27.3. The van der Waals surface area contributed by atoms with Gasteiger partial charge in [0.2, 0.25) is 5.91 Å². The number of carbonyl (C=O) groups is 2. The van der Waals surface area contributed by atoms with Gasteiger partial charge in [0.05, 0.1) is 19.2 Å². The molecule has 0 aliphatic rings. The minimum atomic E-state index is -0.204. The number of nitrogens with one attached hydrogen (secondary N) is 1. The number of ether oxygens (including phenoxy) is 1. The first-order valence-corrected chi connectivity index (χ1v) is 12.4. The molecule has 0 unspecified atom stereocenters. The number of nitrogens with zero attached hydrogens (tertiary/aromatic N) is 3. The molecule has 1 N–H and O–H groups in total. The maximum Gasteiger partial charge on any atom is 0.242 e. The maximum absolute atomic E-state index is 12.1. The molecule has 8 heteroatoms. The Balaban J connectivity index is 0.000000433. The Morgan fingerprint density at radius 3 is 2.54 bits per heavy atom. The van der Waals surface area contributed by atoms with Crippen LogP contribution in [0.1, 0.15) is 55.5 Å². The molecule has 0 bridgehead atoms. The molecule has 0 aliphatic carbocycles. The molecular weight excluding hydrogens is 460 g/mol. The van der Waals surface area contributed by atoms with E-state index >= 15 is 0 Å². The minimum absolute atomic E-state index is 0.0167. The van der Waals surface area contributed by atoms with Gasteiger partial charge in [0.25, 0.3) is 0 Å². The molecule has 1 amide bonds. The number of allylic oxidation sites excluding steroid dienone is 4. The summed E-state index contributed by atoms with van der Waals surface area (Å²) in [6.07, 6.45) is 12.4. The molecule has 0 spiro atoms. The molecule has 2 aromatic heterocycles. The third kappa shape index (κ3) is 9.70. The highest BCUT2D eigenvalue weighted by Gasteiger charge is 2.13. The number of aromatic nitrogens is 3. The molecule has 3 aromatic rings. The van der Waals surface area contributed by atoms with Gasteiger partial charge < -0.3 is 10.1 Å². The zero-order chi connectivity index (χ0) is 26.1. The highest BCUT2D eigenvalue weighted by atomic mass is 32.1. The van der Waals surface area contributed by atoms with Crippen LogP contribution in [0.25, 0.3) is 10.9 Å². The number of hydrogen-bond acceptors (Lipinski definition) is 6. The van der Waals surface area contributed by atoms with E-state index in [0.717, 1.165) is 11.4 Å². The quantitative estimate of drug-likeness (QED) is 0.207. The number of amides is 1. The average molecular weight is 497 g/mol. The van der Waals surface area contributed by atoms with Crippen molar-refractivity contribution in [3.63, 3.8) is 0 Å². The van der Waals surface area contributed by atoms with Crippen LogP contribution in [0.4, 0.5) is 0 Å². The molecule has 3 rings (SSSR count). The first-order valence-electron chi connectivity index (χ1n) is 11.5. The van der Waals surface area contributed by atoms with Crippen LogP contribution in [0.3, 0.4) is 0 Å². The molecular formula is C27H36N4O3S. The van der Waals surface area contributed by atoms with Gasteiger partial charge in [-0.1, -0.05) is 44.6 Å². The summed E-state index contributed by atoms with van der Waals surface area (Å²) in [5, 5.41) is 10.3. The summed E-state index contributed by atoms with van der Waals surface area (Å²) < 4.78 is 6.68. The van der Waals surface area contributed by atoms with Crippen molar-refractivity contribution < 1.29 is 14.3 Å². The summed E-state index contributed by atoms with van der Waals surface area (Å²) >= 11 is 1.48. The Kier molecular flexibility index (Phi) is 14.3. The van der Waals surface area contributed by atoms with E-state index < -0.39 is 0 Å². The van der Waals surface area contributed by atoms with Crippen LogP contribution in [0.15, 0.2) is 66.7 Å². The summed E-state index contributed by atoms with van der Waals surface area (Å²) in [5.41, 5.74) is 2.51. The van der Waals surface area contributed by atoms with Crippen molar-refractivity contribution in [1.82, 2.24) is 20.1 Å². The van der Waals surface area contributed by atoms with Gasteiger partial charge in [-0.15, -0.1) is 24.5 Å². The predicted octanol–water partition coefficient (Wildman–Crippen LogP) is 6.13. The number of thiazole rings is 1. The van der Waals surface area contributed by atoms with Crippen LogP contribution in [0.2, 0.25) is 0 Å². The Hall–Kier alpha value is -3.52. The van der Waals surface area contributed by atoms with Gasteiger partial charge in [0, 0.05) is 23.0 Å². The van der Waals surface area contributed by atoms with Gasteiger partial charge >= 0.3 is 0 Å². The van der Waals surface area contributed by atoms with Crippen LogP contribution in [0.5, 0.6) is 5.75 Å². The fourth-order valence-corrected chi connectivity index (χ4v) is 3.60. The normalized spacial score (nSPS) is 10.1. The number of benzene rings is 1. The molecule has 0 radical (unpaired) electrons. The number of rotatable bonds is 10. The Morgan fingerprint density at radius 1 is 1.23 bits per heavy atom. The van der Waals surface area contributed by atoms with Crippen LogP contribution in [-0.4, -0.2) is 34.1 Å². The second-order valence-electron chi connectivity index (χ2n) is 7.11. The lowest BCUT2D eigenvalue weighted by atomic mass is 10.1. The lowest BCUT2D eigenvalue weighted by Gasteiger charge is -2.05. The highest BCUT2D eigenvalue weighted by Crippen LogP contribution is 2.23. The molecule has 7 nitrogen and oxygen atoms in total. The third-order valence-electron chi connectivity index (χ3n) is 4.92. The van der Waals surface area contributed by atoms with E-state index in [2.05, 4.69) is 67.6 Å². The lowest BCUT2D eigenvalue weighted by Crippen LogP contribution is -2.27. The van der Waals surface area contributed by atoms with E-state index in [4.69, 9.17) is 4.74 Å². The Labute approximate surface area is 212 Å². The zero-order valence-electron chi connectivity index (χ0n) is 21.1. The van der Waals surface area contributed by atoms with E-state index in [1.807, 2.05) is 5.38 Å². The van der Waals surface area contributed by atoms with Crippen molar-refractivity contribution in [2.45, 2.75) is 53.1 Å². The predicted molar refractivity (Wildman–Crippen MR) is 145 cm³/mol. The summed E-state index contributed by atoms with van der Waals surface area (Å²) in [6.45, 7) is 13.0. The average Bonchev–Trinajstić information content (AvgIpc) is 3.55. The lowest BCUT2D eigenvalue weighted by molar-refractivity contribution is -0.121. The van der Waals surface area contributed by atoms with Crippen molar-refractivity contribution in [1.29, 1.82) is 0 Å². The fraction of sp³-hybridized carbons (Fsp3) is 0.333. The number of aldehydes is 1. The summed E-state index contributed by atoms with van der Waals surface area (Å²) in [5.74, 6) is 0.434. The van der Waals surface area contributed by atoms with E-state index in [1.54, 1.807) is 31.5 Å². The number of hydrogen-bond donors (Lipinski definition) is 1. The second kappa shape index (κ2) is 17.0. The number of methoxy groups -OCH3 is 1. The SMILES string of the molecule is C=C.CC/C=C\C=C(CC)CC.COc1ccc2c(C=O)nn(CC(=O)NCc3nccs3)c2c1. The summed E-state index contributed by atoms with van der Waals surface area (Å²) in [6, 6.07) is 5.27. The maximum atomic E-state index is 12.1. The van der Waals surface area contributed by atoms with E-state index in [1.165, 1.54) is 34.4 Å². The monoisotopic (exact) mass is 496 g/mol. The molecule has 0 aliphatic heterocycles. The minimum Gasteiger partial charge on any atom is -0.497 e. The fourth-order valence-electron chi connectivity index (χ4n) is 3.05. The van der Waals surface area contributed by atoms with Gasteiger partial charge in [-0.25, -0.2) is 4.98 Å². The third-order valence-corrected chi connectivity index (χ3v) is 5.70. The Morgan fingerprint density at radius 2 is 1.97 bits per heavy atom. The van der Waals surface area contributed by atoms with E-state index in [-0.39, 0.29) is 12.5 Å². The van der Waals surface area contributed by atoms with E-state index in [0.29, 0.717) is 35.2 Å². The second-order valence-corrected chi connectivity index (χ2v) is 8.09. The molecule has 2 heterocycles. The van der Waals surface area contributed by atoms with Gasteiger partial charge in [0.15, 0.2) is 6.29 Å². The van der Waals surface area contributed by atoms with Crippen LogP contribution in [-0.2, 0) is 17.9 Å². The molecule has 0 fully saturated rings. The first kappa shape index (κ1) is 29.5. The standard InChI is InChI=1S/C15H14N4O3S.C10H18.C2H4/c1-22-10-2-3-11-12(9-20)18-19(13(11)6-10)8-14(21)17-7-15-16-4-5-23-15;1-4-7-8-9-10(5-2)6-3;1-2/h2-6,9H,7-8H2,1H3,(H,17,21);7-9H,4-6H2,1-3H3;1-2H2/b;8-7-;. The molecule has 0 saturated carbocycles. The van der Waals surface area contributed by atoms with Crippen molar-refractivity contribution in [2.75, 3.05) is 7.11 Å². The van der Waals surface area contributed by atoms with Crippen LogP contribution >= 0.6 is 11.3 Å². The number of carbonyl (C=O) groups excluding carboxylic acids is 2. The van der Waals surface area contributed by atoms with Gasteiger partial charge in [0.1, 0.15) is 23.0 Å². The highest BCUT2D eigenvalue weighted by molar-refractivity contribution is 7.09. The molecule has 0 atom stereocenters. The zero-order valence-corrected chi connectivity index (χ0v) is 21.9. The van der Waals surface area contributed by atoms with Crippen molar-refractivity contribution >= 4 is 34.4 Å². The van der Waals surface area contributed by atoms with Gasteiger partial charge in [-0.05, 0) is 31.4 Å². The van der Waals surface area contributed by atoms with Crippen LogP contribution < -0.4 is 10.1 Å². The molecule has 0 saturated heterocycles. The van der Waals surface area contributed by atoms with Crippen molar-refractivity contribution in [2.24, 2.45) is 0 Å². The molecule has 35 heavy (non-hydrogen) atoms. The molecule has 188 valence electrons. The molecule has 1 aromatic carbocycles. The Bertz CT molecular complexity index is 1100. The topological polar surface area (TPSA) is 86.1 Å².